The maximum Gasteiger partial charge on any atom is 0.258 e. The number of amides is 1. The number of carbonyl (C=O) groups is 1. The first-order valence-electron chi connectivity index (χ1n) is 5.49. The molecule has 2 rings (SSSR count). The van der Waals surface area contributed by atoms with Gasteiger partial charge in [-0.3, -0.25) is 4.79 Å². The van der Waals surface area contributed by atoms with E-state index in [2.05, 4.69) is 15.9 Å². The van der Waals surface area contributed by atoms with Crippen LogP contribution in [-0.4, -0.2) is 42.6 Å². The molecule has 2 heterocycles. The van der Waals surface area contributed by atoms with E-state index in [9.17, 15) is 4.79 Å². The second-order valence-corrected chi connectivity index (χ2v) is 4.85. The number of morpholine rings is 1. The number of nitrogens with zero attached hydrogens (tertiary/aromatic N) is 1. The molecule has 0 saturated carbocycles. The molecule has 1 fully saturated rings. The largest absolute Gasteiger partial charge is 0.457 e. The molecule has 2 atom stereocenters. The van der Waals surface area contributed by atoms with Crippen molar-refractivity contribution >= 4 is 21.8 Å². The molecule has 5 nitrogen and oxygen atoms in total. The van der Waals surface area contributed by atoms with Crippen molar-refractivity contribution in [1.29, 1.82) is 0 Å². The Kier molecular flexibility index (Phi) is 3.86. The van der Waals surface area contributed by atoms with Crippen LogP contribution < -0.4 is 5.73 Å². The number of rotatable bonds is 2. The van der Waals surface area contributed by atoms with Crippen molar-refractivity contribution in [1.82, 2.24) is 4.90 Å². The highest BCUT2D eigenvalue weighted by Gasteiger charge is 2.28. The van der Waals surface area contributed by atoms with Crippen molar-refractivity contribution in [2.75, 3.05) is 19.7 Å². The van der Waals surface area contributed by atoms with Crippen LogP contribution in [0.4, 0.5) is 0 Å². The minimum atomic E-state index is -0.0987. The topological polar surface area (TPSA) is 68.7 Å². The molecule has 1 saturated heterocycles. The maximum atomic E-state index is 12.2. The summed E-state index contributed by atoms with van der Waals surface area (Å²) in [5, 5.41) is 0. The van der Waals surface area contributed by atoms with E-state index in [1.807, 2.05) is 6.92 Å². The highest BCUT2D eigenvalue weighted by Crippen LogP contribution is 2.20. The lowest BCUT2D eigenvalue weighted by molar-refractivity contribution is -0.0300. The third kappa shape index (κ3) is 2.70. The lowest BCUT2D eigenvalue weighted by Gasteiger charge is -2.34. The molecule has 0 aliphatic carbocycles. The van der Waals surface area contributed by atoms with E-state index < -0.39 is 0 Å². The summed E-state index contributed by atoms with van der Waals surface area (Å²) in [7, 11) is 0. The maximum absolute atomic E-state index is 12.2. The summed E-state index contributed by atoms with van der Waals surface area (Å²) in [6, 6.07) is 1.57. The van der Waals surface area contributed by atoms with Gasteiger partial charge in [-0.1, -0.05) is 0 Å². The van der Waals surface area contributed by atoms with Gasteiger partial charge in [0.1, 0.15) is 0 Å². The van der Waals surface area contributed by atoms with Crippen LogP contribution in [0, 0.1) is 0 Å². The first kappa shape index (κ1) is 12.6. The minimum Gasteiger partial charge on any atom is -0.457 e. The van der Waals surface area contributed by atoms with E-state index in [0.717, 1.165) is 0 Å². The molecule has 1 aromatic heterocycles. The Morgan fingerprint density at radius 2 is 2.47 bits per heavy atom. The molecule has 1 aromatic rings. The highest BCUT2D eigenvalue weighted by molar-refractivity contribution is 9.10. The molecule has 2 unspecified atom stereocenters. The SMILES string of the molecule is CC(N)C1CN(C(=O)c2ccoc2Br)CCO1. The summed E-state index contributed by atoms with van der Waals surface area (Å²) in [6.07, 6.45) is 1.39. The number of nitrogens with two attached hydrogens (primary N) is 1. The Bertz CT molecular complexity index is 405. The molecule has 1 amide bonds. The second kappa shape index (κ2) is 5.20. The van der Waals surface area contributed by atoms with Gasteiger partial charge in [0.25, 0.3) is 5.91 Å². The van der Waals surface area contributed by atoms with E-state index in [1.165, 1.54) is 6.26 Å². The zero-order valence-electron chi connectivity index (χ0n) is 9.56. The third-order valence-electron chi connectivity index (χ3n) is 2.82. The van der Waals surface area contributed by atoms with Crippen LogP contribution in [-0.2, 0) is 4.74 Å². The molecule has 94 valence electrons. The van der Waals surface area contributed by atoms with Crippen LogP contribution in [0.25, 0.3) is 0 Å². The molecule has 0 aromatic carbocycles. The van der Waals surface area contributed by atoms with Gasteiger partial charge in [-0.15, -0.1) is 0 Å². The van der Waals surface area contributed by atoms with Gasteiger partial charge >= 0.3 is 0 Å². The summed E-state index contributed by atoms with van der Waals surface area (Å²) in [6.45, 7) is 3.51. The summed E-state index contributed by atoms with van der Waals surface area (Å²) < 4.78 is 11.0. The van der Waals surface area contributed by atoms with Crippen LogP contribution >= 0.6 is 15.9 Å². The van der Waals surface area contributed by atoms with Crippen molar-refractivity contribution in [2.45, 2.75) is 19.1 Å². The van der Waals surface area contributed by atoms with Crippen molar-refractivity contribution < 1.29 is 13.9 Å². The lowest BCUT2D eigenvalue weighted by Crippen LogP contribution is -2.51. The molecule has 0 bridgehead atoms. The Morgan fingerprint density at radius 3 is 3.06 bits per heavy atom. The Hall–Kier alpha value is -0.850. The zero-order valence-corrected chi connectivity index (χ0v) is 11.1. The predicted octanol–water partition coefficient (Wildman–Crippen LogP) is 1.23. The van der Waals surface area contributed by atoms with Gasteiger partial charge in [-0.2, -0.15) is 0 Å². The fourth-order valence-corrected chi connectivity index (χ4v) is 2.20. The first-order valence-corrected chi connectivity index (χ1v) is 6.28. The quantitative estimate of drug-likeness (QED) is 0.892. The van der Waals surface area contributed by atoms with Crippen LogP contribution in [0.3, 0.4) is 0 Å². The minimum absolute atomic E-state index is 0.0559. The number of furan rings is 1. The predicted molar refractivity (Wildman–Crippen MR) is 65.7 cm³/mol. The van der Waals surface area contributed by atoms with E-state index in [-0.39, 0.29) is 18.1 Å². The van der Waals surface area contributed by atoms with Gasteiger partial charge in [-0.05, 0) is 28.9 Å². The molecule has 1 aliphatic rings. The van der Waals surface area contributed by atoms with Gasteiger partial charge in [-0.25, -0.2) is 0 Å². The lowest BCUT2D eigenvalue weighted by atomic mass is 10.1. The molecular formula is C11H15BrN2O3. The molecule has 0 radical (unpaired) electrons. The highest BCUT2D eigenvalue weighted by atomic mass is 79.9. The monoisotopic (exact) mass is 302 g/mol. The van der Waals surface area contributed by atoms with Crippen molar-refractivity contribution in [3.63, 3.8) is 0 Å². The number of carbonyl (C=O) groups excluding carboxylic acids is 1. The molecule has 0 spiro atoms. The summed E-state index contributed by atoms with van der Waals surface area (Å²) in [5.41, 5.74) is 6.32. The normalized spacial score (nSPS) is 22.5. The summed E-state index contributed by atoms with van der Waals surface area (Å²) >= 11 is 3.21. The Balaban J connectivity index is 2.07. The molecular weight excluding hydrogens is 288 g/mol. The Morgan fingerprint density at radius 1 is 1.71 bits per heavy atom. The van der Waals surface area contributed by atoms with E-state index in [0.29, 0.717) is 29.9 Å². The van der Waals surface area contributed by atoms with Crippen LogP contribution in [0.1, 0.15) is 17.3 Å². The fraction of sp³-hybridized carbons (Fsp3) is 0.545. The number of halogens is 1. The van der Waals surface area contributed by atoms with E-state index >= 15 is 0 Å². The van der Waals surface area contributed by atoms with Gasteiger partial charge < -0.3 is 19.8 Å². The average molecular weight is 303 g/mol. The molecule has 17 heavy (non-hydrogen) atoms. The molecule has 6 heteroatoms. The second-order valence-electron chi connectivity index (χ2n) is 4.13. The summed E-state index contributed by atoms with van der Waals surface area (Å²) in [5.74, 6) is -0.0559. The molecule has 1 aliphatic heterocycles. The van der Waals surface area contributed by atoms with E-state index in [4.69, 9.17) is 14.9 Å². The van der Waals surface area contributed by atoms with Gasteiger partial charge in [0, 0.05) is 19.1 Å². The number of hydrogen-bond acceptors (Lipinski definition) is 4. The number of hydrogen-bond donors (Lipinski definition) is 1. The van der Waals surface area contributed by atoms with Gasteiger partial charge in [0.05, 0.1) is 24.5 Å². The van der Waals surface area contributed by atoms with Crippen LogP contribution in [0.2, 0.25) is 0 Å². The third-order valence-corrected chi connectivity index (χ3v) is 3.43. The van der Waals surface area contributed by atoms with Crippen molar-refractivity contribution in [3.05, 3.63) is 22.6 Å². The number of ether oxygens (including phenoxy) is 1. The smallest absolute Gasteiger partial charge is 0.258 e. The molecule has 2 N–H and O–H groups in total. The average Bonchev–Trinajstić information content (AvgIpc) is 2.74. The van der Waals surface area contributed by atoms with Crippen molar-refractivity contribution in [2.24, 2.45) is 5.73 Å². The summed E-state index contributed by atoms with van der Waals surface area (Å²) in [4.78, 5) is 13.9. The van der Waals surface area contributed by atoms with E-state index in [1.54, 1.807) is 11.0 Å². The standard InChI is InChI=1S/C11H15BrN2O3/c1-7(13)9-6-14(3-5-16-9)11(15)8-2-4-17-10(8)12/h2,4,7,9H,3,5-6,13H2,1H3. The van der Waals surface area contributed by atoms with Gasteiger partial charge in [0.2, 0.25) is 0 Å². The van der Waals surface area contributed by atoms with Crippen LogP contribution in [0.5, 0.6) is 0 Å². The van der Waals surface area contributed by atoms with Crippen LogP contribution in [0.15, 0.2) is 21.4 Å². The fourth-order valence-electron chi connectivity index (χ4n) is 1.79. The van der Waals surface area contributed by atoms with Gasteiger partial charge in [0.15, 0.2) is 4.67 Å². The van der Waals surface area contributed by atoms with Crippen molar-refractivity contribution in [3.8, 4) is 0 Å². The Labute approximate surface area is 108 Å². The first-order chi connectivity index (χ1) is 8.09. The zero-order chi connectivity index (χ0) is 12.4.